The van der Waals surface area contributed by atoms with Crippen LogP contribution in [0.4, 0.5) is 11.7 Å². The van der Waals surface area contributed by atoms with E-state index in [-0.39, 0.29) is 5.91 Å². The van der Waals surface area contributed by atoms with Crippen LogP contribution in [0.2, 0.25) is 0 Å². The average molecular weight is 262 g/mol. The largest absolute Gasteiger partial charge is 0.424 e. The summed E-state index contributed by atoms with van der Waals surface area (Å²) in [6.07, 6.45) is 0. The average Bonchev–Trinajstić information content (AvgIpc) is 2.77. The number of carbonyl (C=O) groups is 1. The quantitative estimate of drug-likeness (QED) is 0.728. The van der Waals surface area contributed by atoms with E-state index in [1.54, 1.807) is 25.2 Å². The molecule has 102 valence electrons. The molecule has 2 rings (SSSR count). The SMILES string of the molecule is CNC(=O)C(C)(C)CNc1nc2cc(N)ccc2o1. The number of hydrogen-bond acceptors (Lipinski definition) is 5. The Labute approximate surface area is 111 Å². The van der Waals surface area contributed by atoms with Crippen molar-refractivity contribution in [2.75, 3.05) is 24.6 Å². The van der Waals surface area contributed by atoms with E-state index in [1.807, 2.05) is 13.8 Å². The van der Waals surface area contributed by atoms with Crippen molar-refractivity contribution in [1.29, 1.82) is 0 Å². The molecule has 4 N–H and O–H groups in total. The molecule has 19 heavy (non-hydrogen) atoms. The lowest BCUT2D eigenvalue weighted by Crippen LogP contribution is -2.39. The summed E-state index contributed by atoms with van der Waals surface area (Å²) < 4.78 is 5.52. The number of hydrogen-bond donors (Lipinski definition) is 3. The Morgan fingerprint density at radius 2 is 2.21 bits per heavy atom. The van der Waals surface area contributed by atoms with Crippen LogP contribution in [0.25, 0.3) is 11.1 Å². The highest BCUT2D eigenvalue weighted by Gasteiger charge is 2.26. The first kappa shape index (κ1) is 13.2. The number of amides is 1. The van der Waals surface area contributed by atoms with E-state index < -0.39 is 5.41 Å². The molecule has 6 nitrogen and oxygen atoms in total. The van der Waals surface area contributed by atoms with Gasteiger partial charge in [-0.15, -0.1) is 0 Å². The minimum Gasteiger partial charge on any atom is -0.424 e. The maximum atomic E-state index is 11.7. The molecule has 1 aromatic heterocycles. The molecule has 0 aliphatic rings. The van der Waals surface area contributed by atoms with Crippen LogP contribution in [0.5, 0.6) is 0 Å². The normalized spacial score (nSPS) is 11.5. The Hall–Kier alpha value is -2.24. The lowest BCUT2D eigenvalue weighted by atomic mass is 9.92. The number of anilines is 2. The summed E-state index contributed by atoms with van der Waals surface area (Å²) in [6, 6.07) is 5.66. The molecule has 1 amide bonds. The fraction of sp³-hybridized carbons (Fsp3) is 0.385. The van der Waals surface area contributed by atoms with Gasteiger partial charge in [0, 0.05) is 19.3 Å². The topological polar surface area (TPSA) is 93.2 Å². The highest BCUT2D eigenvalue weighted by Crippen LogP contribution is 2.22. The van der Waals surface area contributed by atoms with Gasteiger partial charge in [0.1, 0.15) is 5.52 Å². The van der Waals surface area contributed by atoms with Crippen LogP contribution in [-0.2, 0) is 4.79 Å². The number of carbonyl (C=O) groups excluding carboxylic acids is 1. The van der Waals surface area contributed by atoms with Gasteiger partial charge in [0.2, 0.25) is 5.91 Å². The van der Waals surface area contributed by atoms with E-state index >= 15 is 0 Å². The van der Waals surface area contributed by atoms with Crippen molar-refractivity contribution in [2.24, 2.45) is 5.41 Å². The number of nitrogen functional groups attached to an aromatic ring is 1. The number of benzene rings is 1. The lowest BCUT2D eigenvalue weighted by Gasteiger charge is -2.22. The molecule has 0 radical (unpaired) electrons. The van der Waals surface area contributed by atoms with Gasteiger partial charge in [-0.2, -0.15) is 4.98 Å². The zero-order valence-electron chi connectivity index (χ0n) is 11.3. The molecule has 1 aromatic carbocycles. The number of rotatable bonds is 4. The molecular formula is C13H18N4O2. The van der Waals surface area contributed by atoms with Crippen LogP contribution in [0, 0.1) is 5.41 Å². The van der Waals surface area contributed by atoms with E-state index in [4.69, 9.17) is 10.2 Å². The molecule has 0 spiro atoms. The van der Waals surface area contributed by atoms with Gasteiger partial charge in [-0.25, -0.2) is 0 Å². The smallest absolute Gasteiger partial charge is 0.295 e. The summed E-state index contributed by atoms with van der Waals surface area (Å²) in [4.78, 5) is 15.9. The number of nitrogens with two attached hydrogens (primary N) is 1. The lowest BCUT2D eigenvalue weighted by molar-refractivity contribution is -0.128. The van der Waals surface area contributed by atoms with Gasteiger partial charge in [-0.05, 0) is 32.0 Å². The third kappa shape index (κ3) is 2.78. The Bertz CT molecular complexity index is 604. The second-order valence-electron chi connectivity index (χ2n) is 5.06. The molecule has 0 bridgehead atoms. The predicted molar refractivity (Wildman–Crippen MR) is 74.8 cm³/mol. The predicted octanol–water partition coefficient (Wildman–Crippen LogP) is 1.59. The van der Waals surface area contributed by atoms with Gasteiger partial charge in [0.15, 0.2) is 5.58 Å². The van der Waals surface area contributed by atoms with Crippen molar-refractivity contribution < 1.29 is 9.21 Å². The molecule has 0 aliphatic heterocycles. The minimum absolute atomic E-state index is 0.0413. The summed E-state index contributed by atoms with van der Waals surface area (Å²) in [5.41, 5.74) is 7.13. The van der Waals surface area contributed by atoms with Gasteiger partial charge in [0.25, 0.3) is 6.01 Å². The summed E-state index contributed by atoms with van der Waals surface area (Å²) >= 11 is 0. The van der Waals surface area contributed by atoms with Crippen molar-refractivity contribution >= 4 is 28.7 Å². The van der Waals surface area contributed by atoms with Gasteiger partial charge in [-0.3, -0.25) is 4.79 Å². The monoisotopic (exact) mass is 262 g/mol. The first-order valence-corrected chi connectivity index (χ1v) is 6.04. The molecule has 0 unspecified atom stereocenters. The molecular weight excluding hydrogens is 244 g/mol. The van der Waals surface area contributed by atoms with E-state index in [1.165, 1.54) is 0 Å². The molecule has 0 saturated heterocycles. The van der Waals surface area contributed by atoms with Gasteiger partial charge < -0.3 is 20.8 Å². The maximum absolute atomic E-state index is 11.7. The first-order chi connectivity index (χ1) is 8.92. The number of nitrogens with one attached hydrogen (secondary N) is 2. The highest BCUT2D eigenvalue weighted by atomic mass is 16.4. The van der Waals surface area contributed by atoms with Crippen LogP contribution in [-0.4, -0.2) is 24.5 Å². The van der Waals surface area contributed by atoms with Crippen molar-refractivity contribution in [3.05, 3.63) is 18.2 Å². The highest BCUT2D eigenvalue weighted by molar-refractivity contribution is 5.82. The van der Waals surface area contributed by atoms with Crippen molar-refractivity contribution in [2.45, 2.75) is 13.8 Å². The Balaban J connectivity index is 2.12. The number of fused-ring (bicyclic) bond motifs is 1. The Morgan fingerprint density at radius 1 is 1.47 bits per heavy atom. The zero-order valence-corrected chi connectivity index (χ0v) is 11.3. The molecule has 0 fully saturated rings. The fourth-order valence-electron chi connectivity index (χ4n) is 1.74. The van der Waals surface area contributed by atoms with E-state index in [2.05, 4.69) is 15.6 Å². The van der Waals surface area contributed by atoms with Crippen LogP contribution in [0.3, 0.4) is 0 Å². The molecule has 0 saturated carbocycles. The molecule has 2 aromatic rings. The summed E-state index contributed by atoms with van der Waals surface area (Å²) in [7, 11) is 1.62. The second kappa shape index (κ2) is 4.79. The number of aromatic nitrogens is 1. The standard InChI is InChI=1S/C13H18N4O2/c1-13(2,11(18)15-3)7-16-12-17-9-6-8(14)4-5-10(9)19-12/h4-6H,7,14H2,1-3H3,(H,15,18)(H,16,17). The fourth-order valence-corrected chi connectivity index (χ4v) is 1.74. The minimum atomic E-state index is -0.547. The number of nitrogens with zero attached hydrogens (tertiary/aromatic N) is 1. The molecule has 0 aliphatic carbocycles. The Kier molecular flexibility index (Phi) is 3.33. The van der Waals surface area contributed by atoms with Gasteiger partial charge in [0.05, 0.1) is 5.41 Å². The summed E-state index contributed by atoms with van der Waals surface area (Å²) in [6.45, 7) is 4.12. The Morgan fingerprint density at radius 3 is 2.89 bits per heavy atom. The molecule has 6 heteroatoms. The van der Waals surface area contributed by atoms with Gasteiger partial charge >= 0.3 is 0 Å². The van der Waals surface area contributed by atoms with Crippen LogP contribution >= 0.6 is 0 Å². The van der Waals surface area contributed by atoms with Crippen molar-refractivity contribution in [3.63, 3.8) is 0 Å². The van der Waals surface area contributed by atoms with Crippen molar-refractivity contribution in [1.82, 2.24) is 10.3 Å². The van der Waals surface area contributed by atoms with E-state index in [0.717, 1.165) is 0 Å². The maximum Gasteiger partial charge on any atom is 0.295 e. The molecule has 1 heterocycles. The van der Waals surface area contributed by atoms with Crippen molar-refractivity contribution in [3.8, 4) is 0 Å². The van der Waals surface area contributed by atoms with Crippen LogP contribution in [0.1, 0.15) is 13.8 Å². The zero-order chi connectivity index (χ0) is 14.0. The van der Waals surface area contributed by atoms with Crippen LogP contribution in [0.15, 0.2) is 22.6 Å². The third-order valence-corrected chi connectivity index (χ3v) is 2.93. The summed E-state index contributed by atoms with van der Waals surface area (Å²) in [5.74, 6) is -0.0413. The molecule has 0 atom stereocenters. The van der Waals surface area contributed by atoms with Crippen LogP contribution < -0.4 is 16.4 Å². The van der Waals surface area contributed by atoms with E-state index in [0.29, 0.717) is 29.3 Å². The first-order valence-electron chi connectivity index (χ1n) is 6.04. The number of oxazole rings is 1. The van der Waals surface area contributed by atoms with Gasteiger partial charge in [-0.1, -0.05) is 0 Å². The van der Waals surface area contributed by atoms with E-state index in [9.17, 15) is 4.79 Å². The second-order valence-corrected chi connectivity index (χ2v) is 5.06. The third-order valence-electron chi connectivity index (χ3n) is 2.93. The summed E-state index contributed by atoms with van der Waals surface area (Å²) in [5, 5.41) is 5.66.